The lowest BCUT2D eigenvalue weighted by Crippen LogP contribution is -2.51. The highest BCUT2D eigenvalue weighted by Crippen LogP contribution is 2.18. The van der Waals surface area contributed by atoms with Gasteiger partial charge in [-0.05, 0) is 234 Å². The van der Waals surface area contributed by atoms with Gasteiger partial charge in [-0.1, -0.05) is 130 Å². The van der Waals surface area contributed by atoms with Gasteiger partial charge < -0.3 is 111 Å². The molecule has 0 N–H and O–H groups in total. The number of quaternary nitrogens is 12. The lowest BCUT2D eigenvalue weighted by atomic mass is 10.2. The van der Waals surface area contributed by atoms with Crippen LogP contribution in [0.25, 0.3) is 0 Å². The van der Waals surface area contributed by atoms with Crippen molar-refractivity contribution in [1.29, 1.82) is 0 Å². The number of rotatable bonds is 90. The van der Waals surface area contributed by atoms with Crippen molar-refractivity contribution >= 4 is 0 Å². The second kappa shape index (κ2) is 123. The number of nitrogens with zero attached hydrogens (tertiary/aromatic N) is 12. The van der Waals surface area contributed by atoms with Crippen molar-refractivity contribution in [3.05, 3.63) is 0 Å². The van der Waals surface area contributed by atoms with E-state index in [0.29, 0.717) is 0 Å². The molecular formula is C126H300N12O12+12. The normalized spacial score (nSPS) is 13.0. The first-order valence-corrected chi connectivity index (χ1v) is 64.0. The molecule has 0 aliphatic heterocycles. The van der Waals surface area contributed by atoms with Crippen molar-refractivity contribution in [1.82, 2.24) is 0 Å². The molecule has 0 aromatic carbocycles. The Labute approximate surface area is 948 Å². The van der Waals surface area contributed by atoms with Gasteiger partial charge in [-0.2, -0.15) is 0 Å². The summed E-state index contributed by atoms with van der Waals surface area (Å²) in [5, 5.41) is 0. The van der Waals surface area contributed by atoms with Crippen LogP contribution >= 0.6 is 0 Å². The van der Waals surface area contributed by atoms with Crippen molar-refractivity contribution < 1.29 is 111 Å². The molecule has 0 rings (SSSR count). The van der Waals surface area contributed by atoms with E-state index in [1.54, 1.807) is 28.4 Å². The largest absolute Gasteiger partial charge is 0.379 e. The molecule has 0 aliphatic carbocycles. The van der Waals surface area contributed by atoms with Crippen LogP contribution in [0.1, 0.15) is 364 Å². The average molecular weight is 2180 g/mol. The van der Waals surface area contributed by atoms with E-state index in [1.807, 2.05) is 6.92 Å². The van der Waals surface area contributed by atoms with Crippen LogP contribution in [0.3, 0.4) is 0 Å². The van der Waals surface area contributed by atoms with Gasteiger partial charge in [-0.3, -0.25) is 0 Å². The maximum absolute atomic E-state index is 5.65. The van der Waals surface area contributed by atoms with Gasteiger partial charge in [-0.25, -0.2) is 0 Å². The van der Waals surface area contributed by atoms with Crippen molar-refractivity contribution in [3.63, 3.8) is 0 Å². The summed E-state index contributed by atoms with van der Waals surface area (Å²) in [6.07, 6.45) is 24.0. The zero-order valence-corrected chi connectivity index (χ0v) is 113. The second-order valence-corrected chi connectivity index (χ2v) is 45.3. The van der Waals surface area contributed by atoms with E-state index in [1.165, 1.54) is 359 Å². The minimum atomic E-state index is 0.833. The minimum absolute atomic E-state index is 0.833. The SMILES string of the molecule is CCCC[N+](CC)(CCC)CCOC.CCCC[N+](CC)(CCC)CCOCC.CCCC[N+](CC)(CCC)CCOCCC.CCCOCC[N+](C)(C)C.CCCOCC[N+](CC)(CC)CC.CCCOCC[N+](CC)(CCC)CCC.CCC[N+](CC)(CCC)CCOC.CCC[N+](CC)(CCC)CCOCC.CCOCC[N+](C)(C)C.CCOCC[N+](CC)(CC)CC.CC[N+](CC)(CC)CCOC.COCC[N+](C)(C)C. The number of hydrogen-bond donors (Lipinski definition) is 0. The van der Waals surface area contributed by atoms with Crippen LogP contribution in [0.2, 0.25) is 0 Å². The molecule has 3 unspecified atom stereocenters. The molecule has 0 aliphatic rings. The van der Waals surface area contributed by atoms with Crippen molar-refractivity contribution in [2.75, 3.05) is 479 Å². The van der Waals surface area contributed by atoms with Crippen molar-refractivity contribution in [2.24, 2.45) is 0 Å². The molecule has 0 heterocycles. The maximum Gasteiger partial charge on any atom is 0.102 e. The molecule has 0 aromatic rings. The summed E-state index contributed by atoms with van der Waals surface area (Å²) >= 11 is 0. The molecule has 0 radical (unpaired) electrons. The summed E-state index contributed by atoms with van der Waals surface area (Å²) in [7, 11) is 26.6. The summed E-state index contributed by atoms with van der Waals surface area (Å²) in [5.74, 6) is 0. The topological polar surface area (TPSA) is 111 Å². The number of hydrogen-bond acceptors (Lipinski definition) is 12. The highest BCUT2D eigenvalue weighted by Gasteiger charge is 2.30. The molecule has 3 atom stereocenters. The summed E-state index contributed by atoms with van der Waals surface area (Å²) in [4.78, 5) is 0. The van der Waals surface area contributed by atoms with Crippen LogP contribution in [0, 0.1) is 0 Å². The molecule has 24 nitrogen and oxygen atoms in total. The van der Waals surface area contributed by atoms with Crippen LogP contribution in [0.15, 0.2) is 0 Å². The zero-order chi connectivity index (χ0) is 118. The van der Waals surface area contributed by atoms with Gasteiger partial charge in [0.2, 0.25) is 0 Å². The molecule has 0 saturated carbocycles. The van der Waals surface area contributed by atoms with Gasteiger partial charge in [0, 0.05) is 81.3 Å². The van der Waals surface area contributed by atoms with Crippen LogP contribution in [0.4, 0.5) is 0 Å². The van der Waals surface area contributed by atoms with Gasteiger partial charge in [0.15, 0.2) is 0 Å². The van der Waals surface area contributed by atoms with E-state index in [4.69, 9.17) is 56.8 Å². The molecule has 0 spiro atoms. The Morgan fingerprint density at radius 2 is 0.240 bits per heavy atom. The fraction of sp³-hybridized carbons (Fsp3) is 1.00. The number of ether oxygens (including phenoxy) is 12. The predicted octanol–water partition coefficient (Wildman–Crippen LogP) is 25.1. The molecule has 0 fully saturated rings. The van der Waals surface area contributed by atoms with E-state index in [-0.39, 0.29) is 0 Å². The number of methoxy groups -OCH3 is 4. The van der Waals surface area contributed by atoms with E-state index >= 15 is 0 Å². The van der Waals surface area contributed by atoms with Crippen molar-refractivity contribution in [3.8, 4) is 0 Å². The lowest BCUT2D eigenvalue weighted by Gasteiger charge is -2.37. The quantitative estimate of drug-likeness (QED) is 0.0427. The highest BCUT2D eigenvalue weighted by atomic mass is 16.5. The molecule has 0 bridgehead atoms. The maximum atomic E-state index is 5.65. The first kappa shape index (κ1) is 174. The third kappa shape index (κ3) is 112. The summed E-state index contributed by atoms with van der Waals surface area (Å²) in [5.41, 5.74) is 0. The lowest BCUT2D eigenvalue weighted by molar-refractivity contribution is -0.927. The van der Waals surface area contributed by atoms with Gasteiger partial charge in [0.05, 0.1) is 319 Å². The molecule has 0 saturated heterocycles. The summed E-state index contributed by atoms with van der Waals surface area (Å²) in [6, 6.07) is 0. The Morgan fingerprint density at radius 1 is 0.113 bits per heavy atom. The van der Waals surface area contributed by atoms with Gasteiger partial charge in [0.1, 0.15) is 78.5 Å². The Hall–Kier alpha value is -0.960. The molecular weight excluding hydrogens is 1870 g/mol. The van der Waals surface area contributed by atoms with Gasteiger partial charge in [0.25, 0.3) is 0 Å². The average Bonchev–Trinajstić information content (AvgIpc) is 0.885. The Bertz CT molecular complexity index is 2390. The highest BCUT2D eigenvalue weighted by molar-refractivity contribution is 4.52. The monoisotopic (exact) mass is 2170 g/mol. The Kier molecular flexibility index (Phi) is 143. The zero-order valence-electron chi connectivity index (χ0n) is 113. The third-order valence-corrected chi connectivity index (χ3v) is 30.9. The molecule has 24 heteroatoms. The number of likely N-dealkylation sites (N-methyl/N-ethyl adjacent to an activating group) is 12. The molecule has 0 amide bonds. The van der Waals surface area contributed by atoms with E-state index in [0.717, 1.165) is 204 Å². The summed E-state index contributed by atoms with van der Waals surface area (Å²) < 4.78 is 78.1. The standard InChI is InChI=1S/C14H32NO.2C13H30NO.2C12H28NO.2C11H26NO.C10H24NO.C9H22NO.C8H20NO.C7H18NO.C6H16NO/c1-5-9-11-15(8-4,10-6-2)12-14-16-13-7-3;1-5-9-14(8-4,10-6-2)11-13-15-12-7-3;1-5-9-11-14(7-3,10-6-2)12-13-15-8-4;1-5-8-10-13(7-3,9-6-2)11-12-14-4;1-5-9-13(7-3,10-6-2)11-12-14-8-4;1-5-8-12(7-3,9-6-2)10-11-13-4;1-5-10-13-11-9-12(6-2,7-3)8-4;1-5-11(6-2,7-3)9-10-12-8-4;1-5-10(6-2,7-3)8-9-11-4;1-5-7-10-8-6-9(2,3)4;1-5-9-7-6-8(2,3)4;1-7(2,3)5-6-8-4/h5-14H2,1-4H3;2*5-13H2,1-4H3;2*5-12H2,1-4H3;2*5-11H2,1-4H3;5-10H2,1-4H3;5-9H2,1-4H3;5-8H2,1-4H3;5-7H2,1-4H3;5-6H2,1-4H3/q12*+1. The smallest absolute Gasteiger partial charge is 0.102 e. The summed E-state index contributed by atoms with van der Waals surface area (Å²) in [6.45, 7) is 144. The van der Waals surface area contributed by atoms with Crippen LogP contribution in [-0.4, -0.2) is 533 Å². The second-order valence-electron chi connectivity index (χ2n) is 45.3. The van der Waals surface area contributed by atoms with E-state index in [2.05, 4.69) is 299 Å². The van der Waals surface area contributed by atoms with E-state index < -0.39 is 0 Å². The van der Waals surface area contributed by atoms with Gasteiger partial charge >= 0.3 is 0 Å². The van der Waals surface area contributed by atoms with E-state index in [9.17, 15) is 0 Å². The Balaban J connectivity index is -0.000000139. The molecule has 924 valence electrons. The van der Waals surface area contributed by atoms with Crippen LogP contribution < -0.4 is 0 Å². The van der Waals surface area contributed by atoms with Crippen molar-refractivity contribution in [2.45, 2.75) is 364 Å². The first-order chi connectivity index (χ1) is 71.4. The third-order valence-electron chi connectivity index (χ3n) is 30.9. The van der Waals surface area contributed by atoms with Crippen LogP contribution in [-0.2, 0) is 56.8 Å². The predicted molar refractivity (Wildman–Crippen MR) is 667 cm³/mol. The first-order valence-electron chi connectivity index (χ1n) is 64.0. The van der Waals surface area contributed by atoms with Gasteiger partial charge in [-0.15, -0.1) is 0 Å². The van der Waals surface area contributed by atoms with Crippen LogP contribution in [0.5, 0.6) is 0 Å². The molecule has 0 aromatic heterocycles. The fourth-order valence-electron chi connectivity index (χ4n) is 19.1. The molecule has 150 heavy (non-hydrogen) atoms. The fourth-order valence-corrected chi connectivity index (χ4v) is 19.1. The minimum Gasteiger partial charge on any atom is -0.379 e. The number of unbranched alkanes of at least 4 members (excludes halogenated alkanes) is 3. The Morgan fingerprint density at radius 3 is 0.373 bits per heavy atom.